The predicted molar refractivity (Wildman–Crippen MR) is 89.5 cm³/mol. The van der Waals surface area contributed by atoms with Crippen LogP contribution >= 0.6 is 0 Å². The molecule has 23 heavy (non-hydrogen) atoms. The zero-order chi connectivity index (χ0) is 16.7. The molecular formula is C17H24N2O3S. The number of sulfonamides is 1. The molecule has 1 aromatic carbocycles. The van der Waals surface area contributed by atoms with Crippen LogP contribution in [0.25, 0.3) is 0 Å². The standard InChI is InChI=1S/C17H24N2O3S/c1-17(10-13-6-3-4-7-14(13)11-17)18-16(20)15-8-5-9-19(12-15)23(2,21)22/h3-4,6-7,15H,5,8-12H2,1-2H3,(H,18,20)/t15-/m0/s1. The molecule has 6 heteroatoms. The summed E-state index contributed by atoms with van der Waals surface area (Å²) in [5, 5.41) is 3.18. The number of benzene rings is 1. The third kappa shape index (κ3) is 3.58. The Balaban J connectivity index is 1.66. The van der Waals surface area contributed by atoms with Gasteiger partial charge in [0, 0.05) is 18.6 Å². The van der Waals surface area contributed by atoms with Crippen LogP contribution < -0.4 is 5.32 Å². The molecule has 0 spiro atoms. The van der Waals surface area contributed by atoms with E-state index >= 15 is 0 Å². The van der Waals surface area contributed by atoms with Crippen LogP contribution in [0.3, 0.4) is 0 Å². The Morgan fingerprint density at radius 3 is 2.43 bits per heavy atom. The average molecular weight is 336 g/mol. The third-order valence-electron chi connectivity index (χ3n) is 4.93. The highest BCUT2D eigenvalue weighted by molar-refractivity contribution is 7.88. The minimum absolute atomic E-state index is 0.0198. The van der Waals surface area contributed by atoms with Crippen molar-refractivity contribution in [3.8, 4) is 0 Å². The van der Waals surface area contributed by atoms with Crippen molar-refractivity contribution in [2.45, 2.75) is 38.1 Å². The second-order valence-electron chi connectivity index (χ2n) is 7.13. The van der Waals surface area contributed by atoms with Crippen molar-refractivity contribution < 1.29 is 13.2 Å². The molecule has 1 aromatic rings. The summed E-state index contributed by atoms with van der Waals surface area (Å²) in [7, 11) is -3.23. The van der Waals surface area contributed by atoms with E-state index in [2.05, 4.69) is 24.4 Å². The molecule has 1 atom stereocenters. The minimum atomic E-state index is -3.23. The quantitative estimate of drug-likeness (QED) is 0.906. The largest absolute Gasteiger partial charge is 0.350 e. The Morgan fingerprint density at radius 1 is 1.26 bits per heavy atom. The number of fused-ring (bicyclic) bond motifs is 1. The molecule has 1 amide bonds. The summed E-state index contributed by atoms with van der Waals surface area (Å²) in [6.45, 7) is 2.89. The Kier molecular flexibility index (Phi) is 4.23. The average Bonchev–Trinajstić information content (AvgIpc) is 2.82. The maximum Gasteiger partial charge on any atom is 0.224 e. The normalized spacial score (nSPS) is 24.2. The molecule has 0 aromatic heterocycles. The van der Waals surface area contributed by atoms with Crippen LogP contribution in [0.2, 0.25) is 0 Å². The molecule has 126 valence electrons. The highest BCUT2D eigenvalue weighted by atomic mass is 32.2. The maximum absolute atomic E-state index is 12.7. The van der Waals surface area contributed by atoms with Crippen molar-refractivity contribution in [3.63, 3.8) is 0 Å². The van der Waals surface area contributed by atoms with Crippen LogP contribution in [0.5, 0.6) is 0 Å². The van der Waals surface area contributed by atoms with Crippen LogP contribution in [0.15, 0.2) is 24.3 Å². The van der Waals surface area contributed by atoms with Gasteiger partial charge in [-0.05, 0) is 43.7 Å². The van der Waals surface area contributed by atoms with Crippen molar-refractivity contribution in [2.75, 3.05) is 19.3 Å². The first-order valence-electron chi connectivity index (χ1n) is 8.11. The van der Waals surface area contributed by atoms with Crippen molar-refractivity contribution in [1.82, 2.24) is 9.62 Å². The number of nitrogens with zero attached hydrogens (tertiary/aromatic N) is 1. The van der Waals surface area contributed by atoms with Gasteiger partial charge >= 0.3 is 0 Å². The van der Waals surface area contributed by atoms with Crippen molar-refractivity contribution in [3.05, 3.63) is 35.4 Å². The number of amides is 1. The first-order valence-corrected chi connectivity index (χ1v) is 9.96. The molecule has 1 fully saturated rings. The monoisotopic (exact) mass is 336 g/mol. The Bertz CT molecular complexity index is 689. The van der Waals surface area contributed by atoms with E-state index in [0.717, 1.165) is 25.7 Å². The van der Waals surface area contributed by atoms with Crippen LogP contribution in [0, 0.1) is 5.92 Å². The van der Waals surface area contributed by atoms with Gasteiger partial charge in [-0.2, -0.15) is 0 Å². The first kappa shape index (κ1) is 16.5. The van der Waals surface area contributed by atoms with E-state index in [0.29, 0.717) is 13.1 Å². The van der Waals surface area contributed by atoms with Gasteiger partial charge < -0.3 is 5.32 Å². The molecule has 0 radical (unpaired) electrons. The lowest BCUT2D eigenvalue weighted by Crippen LogP contribution is -2.52. The Hall–Kier alpha value is -1.40. The summed E-state index contributed by atoms with van der Waals surface area (Å²) >= 11 is 0. The van der Waals surface area contributed by atoms with Crippen LogP contribution in [0.1, 0.15) is 30.9 Å². The summed E-state index contributed by atoms with van der Waals surface area (Å²) in [6.07, 6.45) is 4.36. The zero-order valence-corrected chi connectivity index (χ0v) is 14.5. The van der Waals surface area contributed by atoms with Crippen molar-refractivity contribution >= 4 is 15.9 Å². The van der Waals surface area contributed by atoms with Crippen LogP contribution in [0.4, 0.5) is 0 Å². The van der Waals surface area contributed by atoms with E-state index in [9.17, 15) is 13.2 Å². The first-order chi connectivity index (χ1) is 10.8. The molecule has 1 heterocycles. The van der Waals surface area contributed by atoms with Crippen molar-refractivity contribution in [2.24, 2.45) is 5.92 Å². The molecule has 2 aliphatic rings. The van der Waals surface area contributed by atoms with E-state index in [-0.39, 0.29) is 17.4 Å². The van der Waals surface area contributed by atoms with Crippen molar-refractivity contribution in [1.29, 1.82) is 0 Å². The number of piperidine rings is 1. The van der Waals surface area contributed by atoms with Gasteiger partial charge in [0.1, 0.15) is 0 Å². The van der Waals surface area contributed by atoms with E-state index < -0.39 is 10.0 Å². The van der Waals surface area contributed by atoms with E-state index in [1.807, 2.05) is 12.1 Å². The molecule has 5 nitrogen and oxygen atoms in total. The fourth-order valence-corrected chi connectivity index (χ4v) is 4.66. The minimum Gasteiger partial charge on any atom is -0.350 e. The number of carbonyl (C=O) groups excluding carboxylic acids is 1. The summed E-state index contributed by atoms with van der Waals surface area (Å²) in [5.41, 5.74) is 2.31. The molecule has 0 saturated carbocycles. The molecule has 1 N–H and O–H groups in total. The van der Waals surface area contributed by atoms with E-state index in [1.54, 1.807) is 0 Å². The lowest BCUT2D eigenvalue weighted by atomic mass is 9.94. The molecule has 0 unspecified atom stereocenters. The Morgan fingerprint density at radius 2 is 1.87 bits per heavy atom. The zero-order valence-electron chi connectivity index (χ0n) is 13.7. The fraction of sp³-hybridized carbons (Fsp3) is 0.588. The number of rotatable bonds is 3. The number of hydrogen-bond acceptors (Lipinski definition) is 3. The smallest absolute Gasteiger partial charge is 0.224 e. The fourth-order valence-electron chi connectivity index (χ4n) is 3.75. The second-order valence-corrected chi connectivity index (χ2v) is 9.11. The molecular weight excluding hydrogens is 312 g/mol. The molecule has 1 aliphatic carbocycles. The third-order valence-corrected chi connectivity index (χ3v) is 6.20. The van der Waals surface area contributed by atoms with Gasteiger partial charge in [0.05, 0.1) is 12.2 Å². The lowest BCUT2D eigenvalue weighted by molar-refractivity contribution is -0.127. The SMILES string of the molecule is CC1(NC(=O)[C@H]2CCCN(S(C)(=O)=O)C2)Cc2ccccc2C1. The molecule has 0 bridgehead atoms. The number of nitrogens with one attached hydrogen (secondary N) is 1. The maximum atomic E-state index is 12.7. The van der Waals surface area contributed by atoms with Gasteiger partial charge in [-0.1, -0.05) is 24.3 Å². The summed E-state index contributed by atoms with van der Waals surface area (Å²) in [6, 6.07) is 8.27. The van der Waals surface area contributed by atoms with E-state index in [4.69, 9.17) is 0 Å². The van der Waals surface area contributed by atoms with Gasteiger partial charge in [0.15, 0.2) is 0 Å². The van der Waals surface area contributed by atoms with Gasteiger partial charge in [0.25, 0.3) is 0 Å². The highest BCUT2D eigenvalue weighted by Crippen LogP contribution is 2.30. The summed E-state index contributed by atoms with van der Waals surface area (Å²) in [5.74, 6) is -0.271. The topological polar surface area (TPSA) is 66.5 Å². The molecule has 1 aliphatic heterocycles. The Labute approximate surface area is 138 Å². The predicted octanol–water partition coefficient (Wildman–Crippen LogP) is 1.33. The summed E-state index contributed by atoms with van der Waals surface area (Å²) in [4.78, 5) is 12.7. The summed E-state index contributed by atoms with van der Waals surface area (Å²) < 4.78 is 24.8. The van der Waals surface area contributed by atoms with E-state index in [1.165, 1.54) is 21.7 Å². The van der Waals surface area contributed by atoms with Gasteiger partial charge in [-0.3, -0.25) is 4.79 Å². The van der Waals surface area contributed by atoms with Crippen LogP contribution in [-0.2, 0) is 27.7 Å². The highest BCUT2D eigenvalue weighted by Gasteiger charge is 2.37. The number of carbonyl (C=O) groups is 1. The van der Waals surface area contributed by atoms with Gasteiger partial charge in [-0.25, -0.2) is 12.7 Å². The molecule has 1 saturated heterocycles. The van der Waals surface area contributed by atoms with Gasteiger partial charge in [-0.15, -0.1) is 0 Å². The second kappa shape index (κ2) is 5.91. The number of hydrogen-bond donors (Lipinski definition) is 1. The lowest BCUT2D eigenvalue weighted by Gasteiger charge is -2.33. The van der Waals surface area contributed by atoms with Gasteiger partial charge in [0.2, 0.25) is 15.9 Å². The van der Waals surface area contributed by atoms with Crippen LogP contribution in [-0.4, -0.2) is 43.5 Å². The molecule has 3 rings (SSSR count).